The number of aryl methyl sites for hydroxylation is 1. The molecule has 1 aromatic rings. The molecule has 11 heavy (non-hydrogen) atoms. The van der Waals surface area contributed by atoms with E-state index in [1.165, 1.54) is 0 Å². The van der Waals surface area contributed by atoms with Gasteiger partial charge < -0.3 is 15.9 Å². The Morgan fingerprint density at radius 1 is 1.27 bits per heavy atom. The van der Waals surface area contributed by atoms with Gasteiger partial charge in [-0.15, -0.1) is 0 Å². The predicted molar refractivity (Wildman–Crippen MR) is 43.6 cm³/mol. The van der Waals surface area contributed by atoms with Crippen LogP contribution >= 0.6 is 0 Å². The average molecular weight is 153 g/mol. The van der Waals surface area contributed by atoms with Crippen LogP contribution in [0.1, 0.15) is 12.5 Å². The van der Waals surface area contributed by atoms with E-state index in [0.717, 1.165) is 12.0 Å². The molecule has 1 aromatic carbocycles. The van der Waals surface area contributed by atoms with Gasteiger partial charge in [0.05, 0.1) is 0 Å². The molecule has 60 valence electrons. The first-order valence-electron chi connectivity index (χ1n) is 3.45. The van der Waals surface area contributed by atoms with Crippen molar-refractivity contribution in [3.05, 3.63) is 17.7 Å². The molecule has 0 bridgehead atoms. The Labute approximate surface area is 65.1 Å². The Bertz CT molecular complexity index is 248. The number of phenols is 2. The van der Waals surface area contributed by atoms with Crippen molar-refractivity contribution in [1.82, 2.24) is 0 Å². The highest BCUT2D eigenvalue weighted by atomic mass is 16.3. The van der Waals surface area contributed by atoms with Crippen molar-refractivity contribution in [3.63, 3.8) is 0 Å². The molecule has 0 amide bonds. The van der Waals surface area contributed by atoms with Crippen LogP contribution in [0.25, 0.3) is 0 Å². The van der Waals surface area contributed by atoms with E-state index < -0.39 is 0 Å². The number of nitrogens with two attached hydrogens (primary N) is 1. The summed E-state index contributed by atoms with van der Waals surface area (Å²) in [4.78, 5) is 0. The zero-order valence-electron chi connectivity index (χ0n) is 6.33. The Morgan fingerprint density at radius 2 is 1.73 bits per heavy atom. The van der Waals surface area contributed by atoms with Gasteiger partial charge in [-0.05, 0) is 24.1 Å². The molecule has 3 heteroatoms. The summed E-state index contributed by atoms with van der Waals surface area (Å²) in [5, 5.41) is 18.3. The minimum atomic E-state index is -0.0538. The molecule has 0 aliphatic heterocycles. The fraction of sp³-hybridized carbons (Fsp3) is 0.250. The third-order valence-electron chi connectivity index (χ3n) is 1.60. The molecule has 1 rings (SSSR count). The standard InChI is InChI=1S/C8H11NO2/c1-2-5-3-6(10)8(9)7(11)4-5/h3-4,10-11H,2,9H2,1H3. The monoisotopic (exact) mass is 153 g/mol. The Hall–Kier alpha value is -1.38. The van der Waals surface area contributed by atoms with Gasteiger partial charge in [-0.3, -0.25) is 0 Å². The van der Waals surface area contributed by atoms with Crippen molar-refractivity contribution in [2.45, 2.75) is 13.3 Å². The van der Waals surface area contributed by atoms with Gasteiger partial charge in [0.25, 0.3) is 0 Å². The Balaban J connectivity index is 3.21. The Kier molecular flexibility index (Phi) is 1.89. The highest BCUT2D eigenvalue weighted by Crippen LogP contribution is 2.31. The maximum Gasteiger partial charge on any atom is 0.142 e. The fourth-order valence-electron chi connectivity index (χ4n) is 0.884. The number of hydrogen-bond acceptors (Lipinski definition) is 3. The van der Waals surface area contributed by atoms with E-state index in [-0.39, 0.29) is 17.2 Å². The van der Waals surface area contributed by atoms with Crippen LogP contribution in [-0.2, 0) is 6.42 Å². The van der Waals surface area contributed by atoms with Crippen LogP contribution in [0.4, 0.5) is 5.69 Å². The minimum absolute atomic E-state index is 0.0437. The van der Waals surface area contributed by atoms with Crippen LogP contribution in [0.15, 0.2) is 12.1 Å². The molecule has 0 spiro atoms. The number of phenolic OH excluding ortho intramolecular Hbond substituents is 2. The van der Waals surface area contributed by atoms with Crippen molar-refractivity contribution in [2.24, 2.45) is 0 Å². The van der Waals surface area contributed by atoms with E-state index in [9.17, 15) is 0 Å². The number of aromatic hydroxyl groups is 2. The number of nitrogen functional groups attached to an aromatic ring is 1. The number of benzene rings is 1. The lowest BCUT2D eigenvalue weighted by Gasteiger charge is -2.03. The van der Waals surface area contributed by atoms with Crippen molar-refractivity contribution >= 4 is 5.69 Å². The third-order valence-corrected chi connectivity index (χ3v) is 1.60. The summed E-state index contributed by atoms with van der Waals surface area (Å²) < 4.78 is 0. The molecule has 0 aliphatic rings. The number of anilines is 1. The van der Waals surface area contributed by atoms with Gasteiger partial charge >= 0.3 is 0 Å². The maximum atomic E-state index is 9.13. The molecule has 0 saturated heterocycles. The smallest absolute Gasteiger partial charge is 0.142 e. The summed E-state index contributed by atoms with van der Waals surface area (Å²) in [6, 6.07) is 3.10. The van der Waals surface area contributed by atoms with Crippen LogP contribution in [-0.4, -0.2) is 10.2 Å². The second-order valence-electron chi connectivity index (χ2n) is 2.40. The second-order valence-corrected chi connectivity index (χ2v) is 2.40. The molecule has 3 nitrogen and oxygen atoms in total. The van der Waals surface area contributed by atoms with Crippen molar-refractivity contribution < 1.29 is 10.2 Å². The number of hydrogen-bond donors (Lipinski definition) is 3. The Morgan fingerprint density at radius 3 is 2.09 bits per heavy atom. The lowest BCUT2D eigenvalue weighted by molar-refractivity contribution is 0.454. The summed E-state index contributed by atoms with van der Waals surface area (Å²) >= 11 is 0. The molecular formula is C8H11NO2. The lowest BCUT2D eigenvalue weighted by Crippen LogP contribution is -1.88. The van der Waals surface area contributed by atoms with Crippen molar-refractivity contribution in [3.8, 4) is 11.5 Å². The molecule has 0 aliphatic carbocycles. The quantitative estimate of drug-likeness (QED) is 0.420. The average Bonchev–Trinajstić information content (AvgIpc) is 1.99. The van der Waals surface area contributed by atoms with E-state index in [0.29, 0.717) is 0 Å². The first kappa shape index (κ1) is 7.72. The van der Waals surface area contributed by atoms with Crippen LogP contribution < -0.4 is 5.73 Å². The van der Waals surface area contributed by atoms with Gasteiger partial charge in [-0.2, -0.15) is 0 Å². The van der Waals surface area contributed by atoms with Crippen molar-refractivity contribution in [2.75, 3.05) is 5.73 Å². The maximum absolute atomic E-state index is 9.13. The van der Waals surface area contributed by atoms with E-state index in [1.54, 1.807) is 12.1 Å². The van der Waals surface area contributed by atoms with Gasteiger partial charge in [0.2, 0.25) is 0 Å². The topological polar surface area (TPSA) is 66.5 Å². The van der Waals surface area contributed by atoms with Crippen molar-refractivity contribution in [1.29, 1.82) is 0 Å². The van der Waals surface area contributed by atoms with Gasteiger partial charge in [0.1, 0.15) is 17.2 Å². The van der Waals surface area contributed by atoms with Gasteiger partial charge in [0, 0.05) is 0 Å². The summed E-state index contributed by atoms with van der Waals surface area (Å²) in [5.41, 5.74) is 6.22. The molecule has 4 N–H and O–H groups in total. The molecule has 0 radical (unpaired) electrons. The van der Waals surface area contributed by atoms with Gasteiger partial charge in [0.15, 0.2) is 0 Å². The largest absolute Gasteiger partial charge is 0.506 e. The summed E-state index contributed by atoms with van der Waals surface area (Å²) in [7, 11) is 0. The molecule has 0 aromatic heterocycles. The van der Waals surface area contributed by atoms with Gasteiger partial charge in [-0.25, -0.2) is 0 Å². The van der Waals surface area contributed by atoms with E-state index in [1.807, 2.05) is 6.92 Å². The summed E-state index contributed by atoms with van der Waals surface area (Å²) in [6.45, 7) is 1.93. The highest BCUT2D eigenvalue weighted by molar-refractivity contribution is 5.62. The summed E-state index contributed by atoms with van der Waals surface area (Å²) in [6.07, 6.45) is 0.765. The van der Waals surface area contributed by atoms with Gasteiger partial charge in [-0.1, -0.05) is 6.92 Å². The van der Waals surface area contributed by atoms with Crippen LogP contribution in [0.2, 0.25) is 0 Å². The SMILES string of the molecule is CCc1cc(O)c(N)c(O)c1. The summed E-state index contributed by atoms with van der Waals surface area (Å²) in [5.74, 6) is -0.108. The molecule has 0 unspecified atom stereocenters. The van der Waals surface area contributed by atoms with E-state index >= 15 is 0 Å². The highest BCUT2D eigenvalue weighted by Gasteiger charge is 2.03. The minimum Gasteiger partial charge on any atom is -0.506 e. The van der Waals surface area contributed by atoms with E-state index in [4.69, 9.17) is 15.9 Å². The molecule has 0 atom stereocenters. The van der Waals surface area contributed by atoms with Crippen LogP contribution in [0.5, 0.6) is 11.5 Å². The zero-order chi connectivity index (χ0) is 8.43. The second kappa shape index (κ2) is 2.70. The molecular weight excluding hydrogens is 142 g/mol. The number of rotatable bonds is 1. The molecule has 0 saturated carbocycles. The molecule has 0 fully saturated rings. The normalized spacial score (nSPS) is 9.91. The van der Waals surface area contributed by atoms with Crippen LogP contribution in [0, 0.1) is 0 Å². The fourth-order valence-corrected chi connectivity index (χ4v) is 0.884. The third kappa shape index (κ3) is 1.37. The van der Waals surface area contributed by atoms with Crippen LogP contribution in [0.3, 0.4) is 0 Å². The first-order chi connectivity index (χ1) is 5.15. The predicted octanol–water partition coefficient (Wildman–Crippen LogP) is 1.24. The zero-order valence-corrected chi connectivity index (χ0v) is 6.33. The van der Waals surface area contributed by atoms with E-state index in [2.05, 4.69) is 0 Å². The lowest BCUT2D eigenvalue weighted by atomic mass is 10.1. The molecule has 0 heterocycles. The first-order valence-corrected chi connectivity index (χ1v) is 3.45.